The normalized spacial score (nSPS) is 14.7. The van der Waals surface area contributed by atoms with E-state index >= 15 is 0 Å². The van der Waals surface area contributed by atoms with Crippen molar-refractivity contribution in [1.29, 1.82) is 0 Å². The number of nitro benzene ring substituents is 1. The van der Waals surface area contributed by atoms with E-state index in [4.69, 9.17) is 16.3 Å². The highest BCUT2D eigenvalue weighted by Crippen LogP contribution is 2.27. The van der Waals surface area contributed by atoms with Crippen molar-refractivity contribution in [2.24, 2.45) is 0 Å². The average Bonchev–Trinajstić information content (AvgIpc) is 2.70. The maximum absolute atomic E-state index is 13.9. The zero-order valence-electron chi connectivity index (χ0n) is 15.9. The van der Waals surface area contributed by atoms with Gasteiger partial charge < -0.3 is 9.64 Å². The summed E-state index contributed by atoms with van der Waals surface area (Å²) in [4.78, 5) is 26.7. The lowest BCUT2D eigenvalue weighted by Crippen LogP contribution is -2.49. The molecule has 0 unspecified atom stereocenters. The van der Waals surface area contributed by atoms with Crippen LogP contribution in [0.3, 0.4) is 0 Å². The summed E-state index contributed by atoms with van der Waals surface area (Å²) >= 11 is 6.08. The number of hydrogen-bond acceptors (Lipinski definition) is 5. The van der Waals surface area contributed by atoms with Crippen LogP contribution in [-0.4, -0.2) is 53.4 Å². The molecule has 2 aromatic rings. The molecule has 2 aromatic carbocycles. The quantitative estimate of drug-likeness (QED) is 0.527. The summed E-state index contributed by atoms with van der Waals surface area (Å²) in [6, 6.07) is 9.20. The Hall–Kier alpha value is -2.71. The zero-order valence-corrected chi connectivity index (χ0v) is 16.7. The SMILES string of the molecule is Cc1ccc(OCC(=O)N2CCN(Cc3c(F)cccc3Cl)CC2)c([N+](=O)[O-])c1. The molecule has 1 fully saturated rings. The predicted molar refractivity (Wildman–Crippen MR) is 107 cm³/mol. The molecule has 1 aliphatic heterocycles. The molecule has 0 N–H and O–H groups in total. The summed E-state index contributed by atoms with van der Waals surface area (Å²) in [7, 11) is 0. The van der Waals surface area contributed by atoms with Crippen molar-refractivity contribution in [1.82, 2.24) is 9.80 Å². The first-order chi connectivity index (χ1) is 13.8. The molecule has 1 amide bonds. The number of hydrogen-bond donors (Lipinski definition) is 0. The monoisotopic (exact) mass is 421 g/mol. The summed E-state index contributed by atoms with van der Waals surface area (Å²) in [6.07, 6.45) is 0. The van der Waals surface area contributed by atoms with Crippen molar-refractivity contribution < 1.29 is 18.8 Å². The first-order valence-corrected chi connectivity index (χ1v) is 9.54. The summed E-state index contributed by atoms with van der Waals surface area (Å²) < 4.78 is 19.4. The number of nitro groups is 1. The first-order valence-electron chi connectivity index (χ1n) is 9.16. The molecule has 3 rings (SSSR count). The van der Waals surface area contributed by atoms with Crippen molar-refractivity contribution >= 4 is 23.2 Å². The molecular formula is C20H21ClFN3O4. The van der Waals surface area contributed by atoms with Gasteiger partial charge in [0.2, 0.25) is 0 Å². The number of benzene rings is 2. The molecule has 0 aliphatic carbocycles. The molecule has 1 saturated heterocycles. The average molecular weight is 422 g/mol. The lowest BCUT2D eigenvalue weighted by molar-refractivity contribution is -0.385. The fraction of sp³-hybridized carbons (Fsp3) is 0.350. The Balaban J connectivity index is 1.52. The Kier molecular flexibility index (Phi) is 6.66. The smallest absolute Gasteiger partial charge is 0.311 e. The number of nitrogens with zero attached hydrogens (tertiary/aromatic N) is 3. The van der Waals surface area contributed by atoms with Crippen LogP contribution in [0, 0.1) is 22.9 Å². The maximum atomic E-state index is 13.9. The molecule has 9 heteroatoms. The topological polar surface area (TPSA) is 75.9 Å². The van der Waals surface area contributed by atoms with Gasteiger partial charge in [-0.05, 0) is 30.7 Å². The molecule has 29 heavy (non-hydrogen) atoms. The van der Waals surface area contributed by atoms with E-state index in [0.717, 1.165) is 5.56 Å². The minimum Gasteiger partial charge on any atom is -0.477 e. The number of carbonyl (C=O) groups excluding carboxylic acids is 1. The number of amides is 1. The second-order valence-corrected chi connectivity index (χ2v) is 7.28. The Bertz CT molecular complexity index is 896. The molecule has 7 nitrogen and oxygen atoms in total. The van der Waals surface area contributed by atoms with E-state index in [-0.39, 0.29) is 29.8 Å². The van der Waals surface area contributed by atoms with Crippen LogP contribution in [0.5, 0.6) is 5.75 Å². The number of aryl methyl sites for hydroxylation is 1. The lowest BCUT2D eigenvalue weighted by Gasteiger charge is -2.34. The van der Waals surface area contributed by atoms with Crippen molar-refractivity contribution in [3.05, 3.63) is 68.5 Å². The van der Waals surface area contributed by atoms with Gasteiger partial charge in [0.1, 0.15) is 5.82 Å². The van der Waals surface area contributed by atoms with Gasteiger partial charge in [0, 0.05) is 49.4 Å². The van der Waals surface area contributed by atoms with Crippen molar-refractivity contribution in [3.63, 3.8) is 0 Å². The van der Waals surface area contributed by atoms with E-state index < -0.39 is 4.92 Å². The van der Waals surface area contributed by atoms with Crippen LogP contribution >= 0.6 is 11.6 Å². The molecule has 154 valence electrons. The van der Waals surface area contributed by atoms with Gasteiger partial charge in [-0.1, -0.05) is 23.7 Å². The number of halogens is 2. The van der Waals surface area contributed by atoms with Gasteiger partial charge in [-0.15, -0.1) is 0 Å². The third-order valence-corrected chi connectivity index (χ3v) is 5.18. The Labute approximate surface area is 172 Å². The van der Waals surface area contributed by atoms with Crippen molar-refractivity contribution in [2.45, 2.75) is 13.5 Å². The van der Waals surface area contributed by atoms with Gasteiger partial charge in [0.05, 0.1) is 4.92 Å². The maximum Gasteiger partial charge on any atom is 0.311 e. The summed E-state index contributed by atoms with van der Waals surface area (Å²) in [5.74, 6) is -0.519. The number of carbonyl (C=O) groups is 1. The number of ether oxygens (including phenoxy) is 1. The lowest BCUT2D eigenvalue weighted by atomic mass is 10.2. The van der Waals surface area contributed by atoms with Gasteiger partial charge >= 0.3 is 5.69 Å². The fourth-order valence-electron chi connectivity index (χ4n) is 3.19. The molecule has 0 spiro atoms. The molecular weight excluding hydrogens is 401 g/mol. The fourth-order valence-corrected chi connectivity index (χ4v) is 3.41. The number of piperazine rings is 1. The second-order valence-electron chi connectivity index (χ2n) is 6.87. The van der Waals surface area contributed by atoms with Crippen molar-refractivity contribution in [2.75, 3.05) is 32.8 Å². The third-order valence-electron chi connectivity index (χ3n) is 4.83. The van der Waals surface area contributed by atoms with Gasteiger partial charge in [-0.3, -0.25) is 19.8 Å². The van der Waals surface area contributed by atoms with E-state index in [1.807, 2.05) is 4.90 Å². The van der Waals surface area contributed by atoms with Crippen LogP contribution in [0.1, 0.15) is 11.1 Å². The van der Waals surface area contributed by atoms with Gasteiger partial charge in [-0.2, -0.15) is 0 Å². The van der Waals surface area contributed by atoms with Crippen molar-refractivity contribution in [3.8, 4) is 5.75 Å². The Morgan fingerprint density at radius 1 is 1.24 bits per heavy atom. The Morgan fingerprint density at radius 3 is 2.62 bits per heavy atom. The number of rotatable bonds is 6. The molecule has 1 aliphatic rings. The van der Waals surface area contributed by atoms with E-state index in [2.05, 4.69) is 0 Å². The third kappa shape index (κ3) is 5.21. The highest BCUT2D eigenvalue weighted by atomic mass is 35.5. The standard InChI is InChI=1S/C20H21ClFN3O4/c1-14-5-6-19(18(11-14)25(27)28)29-13-20(26)24-9-7-23(8-10-24)12-15-16(21)3-2-4-17(15)22/h2-6,11H,7-10,12-13H2,1H3. The highest BCUT2D eigenvalue weighted by molar-refractivity contribution is 6.31. The van der Waals surface area contributed by atoms with Crippen LogP contribution < -0.4 is 4.74 Å². The second kappa shape index (κ2) is 9.19. The minimum atomic E-state index is -0.528. The van der Waals surface area contributed by atoms with Crippen LogP contribution in [0.4, 0.5) is 10.1 Å². The van der Waals surface area contributed by atoms with Gasteiger partial charge in [-0.25, -0.2) is 4.39 Å². The summed E-state index contributed by atoms with van der Waals surface area (Å²) in [5.41, 5.74) is 1.02. The summed E-state index contributed by atoms with van der Waals surface area (Å²) in [6.45, 7) is 3.91. The van der Waals surface area contributed by atoms with Gasteiger partial charge in [0.15, 0.2) is 12.4 Å². The van der Waals surface area contributed by atoms with E-state index in [9.17, 15) is 19.3 Å². The molecule has 0 saturated carbocycles. The van der Waals surface area contributed by atoms with Crippen LogP contribution in [0.2, 0.25) is 5.02 Å². The largest absolute Gasteiger partial charge is 0.477 e. The molecule has 0 aromatic heterocycles. The van der Waals surface area contributed by atoms with E-state index in [1.165, 1.54) is 18.2 Å². The van der Waals surface area contributed by atoms with Crippen LogP contribution in [0.15, 0.2) is 36.4 Å². The Morgan fingerprint density at radius 2 is 1.97 bits per heavy atom. The molecule has 0 bridgehead atoms. The first kappa shape index (κ1) is 21.0. The van der Waals surface area contributed by atoms with Gasteiger partial charge in [0.25, 0.3) is 5.91 Å². The van der Waals surface area contributed by atoms with E-state index in [1.54, 1.807) is 30.0 Å². The summed E-state index contributed by atoms with van der Waals surface area (Å²) in [5, 5.41) is 11.5. The van der Waals surface area contributed by atoms with Crippen LogP contribution in [-0.2, 0) is 11.3 Å². The minimum absolute atomic E-state index is 0.0711. The molecule has 1 heterocycles. The van der Waals surface area contributed by atoms with Crippen LogP contribution in [0.25, 0.3) is 0 Å². The predicted octanol–water partition coefficient (Wildman–Crippen LogP) is 3.42. The molecule has 0 atom stereocenters. The zero-order chi connectivity index (χ0) is 21.0. The molecule has 0 radical (unpaired) electrons. The highest BCUT2D eigenvalue weighted by Gasteiger charge is 2.24. The van der Waals surface area contributed by atoms with E-state index in [0.29, 0.717) is 43.3 Å².